The van der Waals surface area contributed by atoms with Crippen LogP contribution in [0.2, 0.25) is 0 Å². The molecule has 2 N–H and O–H groups in total. The van der Waals surface area contributed by atoms with Crippen LogP contribution in [0, 0.1) is 0 Å². The highest BCUT2D eigenvalue weighted by molar-refractivity contribution is 5.78. The molecule has 2 amide bonds. The van der Waals surface area contributed by atoms with Crippen molar-refractivity contribution < 1.29 is 4.79 Å². The standard InChI is InChI=1S/C11H14N2O/c1-11(2)9(12-10(14)13-11)8-6-4-3-5-7-8/h3-7,9H,1-2H3,(H2,12,13,14). The first-order valence-electron chi connectivity index (χ1n) is 4.73. The van der Waals surface area contributed by atoms with E-state index in [2.05, 4.69) is 10.6 Å². The second-order valence-corrected chi connectivity index (χ2v) is 4.16. The van der Waals surface area contributed by atoms with E-state index in [-0.39, 0.29) is 17.6 Å². The minimum Gasteiger partial charge on any atom is -0.331 e. The number of benzene rings is 1. The Morgan fingerprint density at radius 2 is 1.86 bits per heavy atom. The van der Waals surface area contributed by atoms with Crippen LogP contribution in [0.25, 0.3) is 0 Å². The normalized spacial score (nSPS) is 24.1. The van der Waals surface area contributed by atoms with Gasteiger partial charge < -0.3 is 10.6 Å². The predicted octanol–water partition coefficient (Wildman–Crippen LogP) is 1.82. The van der Waals surface area contributed by atoms with Gasteiger partial charge in [-0.25, -0.2) is 4.79 Å². The van der Waals surface area contributed by atoms with E-state index in [4.69, 9.17) is 0 Å². The molecule has 0 saturated carbocycles. The third kappa shape index (κ3) is 1.45. The Bertz CT molecular complexity index is 346. The average Bonchev–Trinajstić information content (AvgIpc) is 2.41. The van der Waals surface area contributed by atoms with E-state index in [1.165, 1.54) is 0 Å². The number of nitrogens with one attached hydrogen (secondary N) is 2. The van der Waals surface area contributed by atoms with Crippen LogP contribution in [-0.4, -0.2) is 11.6 Å². The van der Waals surface area contributed by atoms with E-state index in [1.54, 1.807) is 0 Å². The Morgan fingerprint density at radius 3 is 2.36 bits per heavy atom. The molecule has 0 bridgehead atoms. The lowest BCUT2D eigenvalue weighted by Crippen LogP contribution is -2.38. The number of hydrogen-bond acceptors (Lipinski definition) is 1. The Labute approximate surface area is 83.5 Å². The molecule has 1 aliphatic rings. The summed E-state index contributed by atoms with van der Waals surface area (Å²) in [7, 11) is 0. The van der Waals surface area contributed by atoms with Crippen molar-refractivity contribution in [2.45, 2.75) is 25.4 Å². The maximum Gasteiger partial charge on any atom is 0.315 e. The Balaban J connectivity index is 2.32. The van der Waals surface area contributed by atoms with Gasteiger partial charge in [0.05, 0.1) is 11.6 Å². The first-order valence-corrected chi connectivity index (χ1v) is 4.73. The molecule has 0 spiro atoms. The summed E-state index contributed by atoms with van der Waals surface area (Å²) in [6, 6.07) is 9.95. The molecule has 1 aromatic carbocycles. The summed E-state index contributed by atoms with van der Waals surface area (Å²) in [4.78, 5) is 11.2. The van der Waals surface area contributed by atoms with Crippen molar-refractivity contribution in [3.05, 3.63) is 35.9 Å². The van der Waals surface area contributed by atoms with E-state index in [0.29, 0.717) is 0 Å². The summed E-state index contributed by atoms with van der Waals surface area (Å²) < 4.78 is 0. The third-order valence-corrected chi connectivity index (χ3v) is 2.57. The van der Waals surface area contributed by atoms with Crippen molar-refractivity contribution in [2.75, 3.05) is 0 Å². The van der Waals surface area contributed by atoms with Crippen molar-refractivity contribution in [3.8, 4) is 0 Å². The first kappa shape index (κ1) is 9.06. The van der Waals surface area contributed by atoms with E-state index in [9.17, 15) is 4.79 Å². The van der Waals surface area contributed by atoms with Crippen LogP contribution >= 0.6 is 0 Å². The molecule has 0 aliphatic carbocycles. The highest BCUT2D eigenvalue weighted by atomic mass is 16.2. The molecule has 1 aliphatic heterocycles. The predicted molar refractivity (Wildman–Crippen MR) is 54.9 cm³/mol. The lowest BCUT2D eigenvalue weighted by molar-refractivity contribution is 0.246. The van der Waals surface area contributed by atoms with Crippen molar-refractivity contribution in [3.63, 3.8) is 0 Å². The van der Waals surface area contributed by atoms with Crippen LogP contribution in [0.1, 0.15) is 25.5 Å². The quantitative estimate of drug-likeness (QED) is 0.696. The minimum absolute atomic E-state index is 0.0520. The molecule has 2 rings (SSSR count). The summed E-state index contributed by atoms with van der Waals surface area (Å²) in [5, 5.41) is 5.80. The summed E-state index contributed by atoms with van der Waals surface area (Å²) in [6.45, 7) is 4.03. The fraction of sp³-hybridized carbons (Fsp3) is 0.364. The van der Waals surface area contributed by atoms with Gasteiger partial charge in [-0.2, -0.15) is 0 Å². The van der Waals surface area contributed by atoms with Crippen molar-refractivity contribution >= 4 is 6.03 Å². The molecule has 1 aromatic rings. The second kappa shape index (κ2) is 3.01. The Hall–Kier alpha value is -1.51. The van der Waals surface area contributed by atoms with Crippen LogP contribution in [0.3, 0.4) is 0 Å². The third-order valence-electron chi connectivity index (χ3n) is 2.57. The summed E-state index contributed by atoms with van der Waals surface area (Å²) >= 11 is 0. The second-order valence-electron chi connectivity index (χ2n) is 4.16. The fourth-order valence-electron chi connectivity index (χ4n) is 1.86. The number of carbonyl (C=O) groups excluding carboxylic acids is 1. The summed E-state index contributed by atoms with van der Waals surface area (Å²) in [5.74, 6) is 0. The number of amides is 2. The van der Waals surface area contributed by atoms with E-state index in [1.807, 2.05) is 44.2 Å². The van der Waals surface area contributed by atoms with Gasteiger partial charge in [0.1, 0.15) is 0 Å². The molecular weight excluding hydrogens is 176 g/mol. The lowest BCUT2D eigenvalue weighted by atomic mass is 9.91. The molecule has 74 valence electrons. The van der Waals surface area contributed by atoms with Gasteiger partial charge in [0.2, 0.25) is 0 Å². The summed E-state index contributed by atoms with van der Waals surface area (Å²) in [5.41, 5.74) is 0.911. The van der Waals surface area contributed by atoms with Gasteiger partial charge in [-0.3, -0.25) is 0 Å². The maximum absolute atomic E-state index is 11.2. The molecule has 3 heteroatoms. The zero-order chi connectivity index (χ0) is 10.2. The van der Waals surface area contributed by atoms with Gasteiger partial charge in [0.15, 0.2) is 0 Å². The highest BCUT2D eigenvalue weighted by Crippen LogP contribution is 2.28. The lowest BCUT2D eigenvalue weighted by Gasteiger charge is -2.25. The van der Waals surface area contributed by atoms with E-state index in [0.717, 1.165) is 5.56 Å². The molecule has 1 saturated heterocycles. The molecule has 0 aromatic heterocycles. The zero-order valence-electron chi connectivity index (χ0n) is 8.37. The van der Waals surface area contributed by atoms with Crippen LogP contribution in [-0.2, 0) is 0 Å². The fourth-order valence-corrected chi connectivity index (χ4v) is 1.86. The Kier molecular flexibility index (Phi) is 1.95. The zero-order valence-corrected chi connectivity index (χ0v) is 8.37. The van der Waals surface area contributed by atoms with Gasteiger partial charge in [0.25, 0.3) is 0 Å². The van der Waals surface area contributed by atoms with Crippen molar-refractivity contribution in [1.29, 1.82) is 0 Å². The van der Waals surface area contributed by atoms with Gasteiger partial charge in [-0.15, -0.1) is 0 Å². The highest BCUT2D eigenvalue weighted by Gasteiger charge is 2.39. The number of urea groups is 1. The monoisotopic (exact) mass is 190 g/mol. The van der Waals surface area contributed by atoms with Gasteiger partial charge in [-0.05, 0) is 19.4 Å². The number of rotatable bonds is 1. The number of hydrogen-bond donors (Lipinski definition) is 2. The number of carbonyl (C=O) groups is 1. The van der Waals surface area contributed by atoms with Gasteiger partial charge >= 0.3 is 6.03 Å². The summed E-state index contributed by atoms with van der Waals surface area (Å²) in [6.07, 6.45) is 0. The SMILES string of the molecule is CC1(C)NC(=O)NC1c1ccccc1. The topological polar surface area (TPSA) is 41.1 Å². The van der Waals surface area contributed by atoms with Gasteiger partial charge in [-0.1, -0.05) is 30.3 Å². The molecule has 1 fully saturated rings. The van der Waals surface area contributed by atoms with E-state index < -0.39 is 0 Å². The van der Waals surface area contributed by atoms with E-state index >= 15 is 0 Å². The average molecular weight is 190 g/mol. The molecule has 1 heterocycles. The molecule has 14 heavy (non-hydrogen) atoms. The van der Waals surface area contributed by atoms with Crippen molar-refractivity contribution in [1.82, 2.24) is 10.6 Å². The first-order chi connectivity index (χ1) is 6.59. The minimum atomic E-state index is -0.224. The van der Waals surface area contributed by atoms with Gasteiger partial charge in [0, 0.05) is 0 Å². The Morgan fingerprint density at radius 1 is 1.21 bits per heavy atom. The smallest absolute Gasteiger partial charge is 0.315 e. The van der Waals surface area contributed by atoms with Crippen LogP contribution < -0.4 is 10.6 Å². The largest absolute Gasteiger partial charge is 0.331 e. The van der Waals surface area contributed by atoms with Crippen LogP contribution in [0.5, 0.6) is 0 Å². The molecule has 1 unspecified atom stereocenters. The van der Waals surface area contributed by atoms with Crippen LogP contribution in [0.15, 0.2) is 30.3 Å². The van der Waals surface area contributed by atoms with Crippen LogP contribution in [0.4, 0.5) is 4.79 Å². The van der Waals surface area contributed by atoms with Crippen molar-refractivity contribution in [2.24, 2.45) is 0 Å². The molecule has 0 radical (unpaired) electrons. The molecule has 1 atom stereocenters. The molecule has 3 nitrogen and oxygen atoms in total. The molecular formula is C11H14N2O. The maximum atomic E-state index is 11.2.